The van der Waals surface area contributed by atoms with Gasteiger partial charge in [-0.15, -0.1) is 0 Å². The number of aryl methyl sites for hydroxylation is 1. The molecule has 3 aromatic rings. The average Bonchev–Trinajstić information content (AvgIpc) is 2.88. The summed E-state index contributed by atoms with van der Waals surface area (Å²) in [6.07, 6.45) is 5.00. The highest BCUT2D eigenvalue weighted by atomic mass is 35.5. The van der Waals surface area contributed by atoms with Crippen LogP contribution >= 0.6 is 11.6 Å². The third kappa shape index (κ3) is 2.53. The van der Waals surface area contributed by atoms with Crippen LogP contribution < -0.4 is 5.73 Å². The van der Waals surface area contributed by atoms with E-state index in [-0.39, 0.29) is 10.8 Å². The minimum Gasteiger partial charge on any atom is -0.506 e. The molecule has 0 fully saturated rings. The number of phenols is 1. The van der Waals surface area contributed by atoms with Crippen molar-refractivity contribution in [2.75, 3.05) is 5.73 Å². The SMILES string of the molecule is Cn1cc(-c2nc(N)cnc2-c2ccc(O)c(Cl)c2)cn1. The van der Waals surface area contributed by atoms with Crippen molar-refractivity contribution in [3.05, 3.63) is 41.8 Å². The molecule has 2 aromatic heterocycles. The summed E-state index contributed by atoms with van der Waals surface area (Å²) in [6, 6.07) is 4.88. The number of rotatable bonds is 2. The summed E-state index contributed by atoms with van der Waals surface area (Å²) in [4.78, 5) is 8.68. The second kappa shape index (κ2) is 5.06. The number of benzene rings is 1. The molecule has 0 saturated carbocycles. The number of aromatic nitrogens is 4. The Bertz CT molecular complexity index is 815. The highest BCUT2D eigenvalue weighted by molar-refractivity contribution is 6.32. The molecule has 2 heterocycles. The molecule has 7 heteroatoms. The van der Waals surface area contributed by atoms with Gasteiger partial charge in [0, 0.05) is 24.4 Å². The number of nitrogens with two attached hydrogens (primary N) is 1. The van der Waals surface area contributed by atoms with E-state index in [1.165, 1.54) is 12.3 Å². The Morgan fingerprint density at radius 2 is 2.00 bits per heavy atom. The highest BCUT2D eigenvalue weighted by Gasteiger charge is 2.14. The van der Waals surface area contributed by atoms with Crippen LogP contribution in [0.15, 0.2) is 36.8 Å². The lowest BCUT2D eigenvalue weighted by molar-refractivity contribution is 0.475. The Labute approximate surface area is 125 Å². The van der Waals surface area contributed by atoms with Crippen molar-refractivity contribution in [2.24, 2.45) is 7.05 Å². The van der Waals surface area contributed by atoms with Crippen LogP contribution in [0.1, 0.15) is 0 Å². The number of anilines is 1. The smallest absolute Gasteiger partial charge is 0.142 e. The zero-order chi connectivity index (χ0) is 15.0. The van der Waals surface area contributed by atoms with Crippen LogP contribution in [0.2, 0.25) is 5.02 Å². The second-order valence-electron chi connectivity index (χ2n) is 4.56. The summed E-state index contributed by atoms with van der Waals surface area (Å²) < 4.78 is 1.67. The van der Waals surface area contributed by atoms with Gasteiger partial charge in [0.15, 0.2) is 0 Å². The van der Waals surface area contributed by atoms with E-state index in [2.05, 4.69) is 15.1 Å². The van der Waals surface area contributed by atoms with Crippen LogP contribution in [-0.2, 0) is 7.05 Å². The lowest BCUT2D eigenvalue weighted by Crippen LogP contribution is -1.98. The summed E-state index contributed by atoms with van der Waals surface area (Å²) >= 11 is 5.96. The van der Waals surface area contributed by atoms with E-state index >= 15 is 0 Å². The van der Waals surface area contributed by atoms with Gasteiger partial charge in [0.1, 0.15) is 17.3 Å². The third-order valence-electron chi connectivity index (χ3n) is 2.99. The van der Waals surface area contributed by atoms with Crippen molar-refractivity contribution in [1.29, 1.82) is 0 Å². The number of halogens is 1. The minimum atomic E-state index is 0.0201. The summed E-state index contributed by atoms with van der Waals surface area (Å²) in [6.45, 7) is 0. The lowest BCUT2D eigenvalue weighted by Gasteiger charge is -2.08. The minimum absolute atomic E-state index is 0.0201. The Balaban J connectivity index is 2.20. The fourth-order valence-electron chi connectivity index (χ4n) is 2.01. The molecule has 0 spiro atoms. The molecule has 0 amide bonds. The maximum absolute atomic E-state index is 9.52. The monoisotopic (exact) mass is 301 g/mol. The largest absolute Gasteiger partial charge is 0.506 e. The quantitative estimate of drug-likeness (QED) is 0.759. The van der Waals surface area contributed by atoms with Crippen molar-refractivity contribution in [1.82, 2.24) is 19.7 Å². The molecule has 1 aromatic carbocycles. The number of aromatic hydroxyl groups is 1. The normalized spacial score (nSPS) is 10.8. The Kier molecular flexibility index (Phi) is 3.23. The van der Waals surface area contributed by atoms with E-state index in [1.54, 1.807) is 23.0 Å². The molecular formula is C14H12ClN5O. The van der Waals surface area contributed by atoms with Crippen LogP contribution in [-0.4, -0.2) is 24.9 Å². The van der Waals surface area contributed by atoms with Gasteiger partial charge < -0.3 is 10.8 Å². The first-order valence-corrected chi connectivity index (χ1v) is 6.53. The van der Waals surface area contributed by atoms with Gasteiger partial charge in [-0.2, -0.15) is 5.10 Å². The fraction of sp³-hybridized carbons (Fsp3) is 0.0714. The topological polar surface area (TPSA) is 89.9 Å². The Morgan fingerprint density at radius 3 is 2.67 bits per heavy atom. The summed E-state index contributed by atoms with van der Waals surface area (Å²) in [7, 11) is 1.82. The summed E-state index contributed by atoms with van der Waals surface area (Å²) in [5.41, 5.74) is 8.52. The molecule has 106 valence electrons. The van der Waals surface area contributed by atoms with Gasteiger partial charge in [-0.1, -0.05) is 11.6 Å². The average molecular weight is 302 g/mol. The van der Waals surface area contributed by atoms with Gasteiger partial charge in [-0.05, 0) is 18.2 Å². The first-order chi connectivity index (χ1) is 10.0. The van der Waals surface area contributed by atoms with E-state index in [4.69, 9.17) is 17.3 Å². The molecule has 0 aliphatic carbocycles. The molecule has 0 bridgehead atoms. The standard InChI is InChI=1S/C14H12ClN5O/c1-20-7-9(5-18-20)14-13(17-6-12(16)19-14)8-2-3-11(21)10(15)4-8/h2-7,21H,1H3,(H2,16,19). The molecule has 21 heavy (non-hydrogen) atoms. The van der Waals surface area contributed by atoms with Crippen LogP contribution in [0.3, 0.4) is 0 Å². The van der Waals surface area contributed by atoms with E-state index in [9.17, 15) is 5.11 Å². The van der Waals surface area contributed by atoms with Crippen molar-refractivity contribution in [2.45, 2.75) is 0 Å². The predicted molar refractivity (Wildman–Crippen MR) is 80.8 cm³/mol. The maximum atomic E-state index is 9.52. The fourth-order valence-corrected chi connectivity index (χ4v) is 2.19. The first kappa shape index (κ1) is 13.4. The molecule has 0 saturated heterocycles. The number of phenolic OH excluding ortho intramolecular Hbond substituents is 1. The molecule has 0 aliphatic rings. The molecule has 0 aliphatic heterocycles. The van der Waals surface area contributed by atoms with Gasteiger partial charge in [0.05, 0.1) is 23.1 Å². The molecule has 6 nitrogen and oxygen atoms in total. The van der Waals surface area contributed by atoms with E-state index in [0.29, 0.717) is 17.2 Å². The third-order valence-corrected chi connectivity index (χ3v) is 3.29. The zero-order valence-electron chi connectivity index (χ0n) is 11.2. The molecule has 3 rings (SSSR count). The summed E-state index contributed by atoms with van der Waals surface area (Å²) in [5, 5.41) is 13.9. The van der Waals surface area contributed by atoms with Crippen molar-refractivity contribution in [3.63, 3.8) is 0 Å². The molecule has 3 N–H and O–H groups in total. The van der Waals surface area contributed by atoms with E-state index < -0.39 is 0 Å². The van der Waals surface area contributed by atoms with Crippen LogP contribution in [0.5, 0.6) is 5.75 Å². The van der Waals surface area contributed by atoms with Crippen LogP contribution in [0, 0.1) is 0 Å². The second-order valence-corrected chi connectivity index (χ2v) is 4.97. The van der Waals surface area contributed by atoms with Crippen LogP contribution in [0.25, 0.3) is 22.5 Å². The van der Waals surface area contributed by atoms with Crippen molar-refractivity contribution >= 4 is 17.4 Å². The first-order valence-electron chi connectivity index (χ1n) is 6.15. The van der Waals surface area contributed by atoms with Gasteiger partial charge in [0.25, 0.3) is 0 Å². The van der Waals surface area contributed by atoms with Gasteiger partial charge in [0.2, 0.25) is 0 Å². The molecule has 0 atom stereocenters. The molecular weight excluding hydrogens is 290 g/mol. The van der Waals surface area contributed by atoms with E-state index in [0.717, 1.165) is 11.1 Å². The lowest BCUT2D eigenvalue weighted by atomic mass is 10.1. The number of nitrogen functional groups attached to an aromatic ring is 1. The van der Waals surface area contributed by atoms with Crippen molar-refractivity contribution < 1.29 is 5.11 Å². The van der Waals surface area contributed by atoms with Crippen LogP contribution in [0.4, 0.5) is 5.82 Å². The maximum Gasteiger partial charge on any atom is 0.142 e. The Hall–Kier alpha value is -2.60. The van der Waals surface area contributed by atoms with Gasteiger partial charge >= 0.3 is 0 Å². The predicted octanol–water partition coefficient (Wildman–Crippen LogP) is 2.49. The highest BCUT2D eigenvalue weighted by Crippen LogP contribution is 2.33. The summed E-state index contributed by atoms with van der Waals surface area (Å²) in [5.74, 6) is 0.342. The zero-order valence-corrected chi connectivity index (χ0v) is 11.9. The van der Waals surface area contributed by atoms with Crippen molar-refractivity contribution in [3.8, 4) is 28.3 Å². The number of hydrogen-bond acceptors (Lipinski definition) is 5. The van der Waals surface area contributed by atoms with Gasteiger partial charge in [-0.25, -0.2) is 4.98 Å². The van der Waals surface area contributed by atoms with Gasteiger partial charge in [-0.3, -0.25) is 9.67 Å². The molecule has 0 unspecified atom stereocenters. The number of hydrogen-bond donors (Lipinski definition) is 2. The molecule has 0 radical (unpaired) electrons. The number of nitrogens with zero attached hydrogens (tertiary/aromatic N) is 4. The Morgan fingerprint density at radius 1 is 1.19 bits per heavy atom. The van der Waals surface area contributed by atoms with E-state index in [1.807, 2.05) is 13.2 Å².